The Morgan fingerprint density at radius 3 is 2.73 bits per heavy atom. The van der Waals surface area contributed by atoms with E-state index in [0.717, 1.165) is 10.4 Å². The van der Waals surface area contributed by atoms with E-state index in [4.69, 9.17) is 27.9 Å². The second-order valence-corrected chi connectivity index (χ2v) is 9.60. The zero-order valence-corrected chi connectivity index (χ0v) is 20.7. The van der Waals surface area contributed by atoms with E-state index in [9.17, 15) is 14.4 Å². The molecule has 0 aliphatic carbocycles. The highest BCUT2D eigenvalue weighted by molar-refractivity contribution is 7.09. The molecule has 1 aromatic heterocycles. The first-order valence-electron chi connectivity index (χ1n) is 10.7. The van der Waals surface area contributed by atoms with Crippen LogP contribution in [-0.4, -0.2) is 73.5 Å². The molecule has 1 aliphatic heterocycles. The molecule has 0 spiro atoms. The Morgan fingerprint density at radius 2 is 2.03 bits per heavy atom. The van der Waals surface area contributed by atoms with Crippen molar-refractivity contribution in [2.75, 3.05) is 39.9 Å². The van der Waals surface area contributed by atoms with Crippen molar-refractivity contribution >= 4 is 52.3 Å². The van der Waals surface area contributed by atoms with Gasteiger partial charge in [0.25, 0.3) is 0 Å². The van der Waals surface area contributed by atoms with Gasteiger partial charge in [-0.2, -0.15) is 0 Å². The Labute approximate surface area is 207 Å². The summed E-state index contributed by atoms with van der Waals surface area (Å²) in [6, 6.07) is 8.34. The number of ether oxygens (including phenoxy) is 1. The summed E-state index contributed by atoms with van der Waals surface area (Å²) in [5, 5.41) is 5.91. The predicted molar refractivity (Wildman–Crippen MR) is 130 cm³/mol. The molecule has 1 saturated heterocycles. The van der Waals surface area contributed by atoms with E-state index in [1.54, 1.807) is 35.5 Å². The number of nitrogens with zero attached hydrogens (tertiary/aromatic N) is 2. The van der Waals surface area contributed by atoms with Gasteiger partial charge in [0.2, 0.25) is 17.7 Å². The van der Waals surface area contributed by atoms with E-state index in [2.05, 4.69) is 5.32 Å². The Hall–Kier alpha value is -2.13. The van der Waals surface area contributed by atoms with Gasteiger partial charge in [-0.25, -0.2) is 0 Å². The summed E-state index contributed by atoms with van der Waals surface area (Å²) in [6.07, 6.45) is 1.08. The van der Waals surface area contributed by atoms with Gasteiger partial charge in [-0.3, -0.25) is 14.4 Å². The van der Waals surface area contributed by atoms with Crippen molar-refractivity contribution < 1.29 is 19.1 Å². The van der Waals surface area contributed by atoms with Crippen LogP contribution in [0.5, 0.6) is 0 Å². The Bertz CT molecular complexity index is 971. The highest BCUT2D eigenvalue weighted by Gasteiger charge is 2.40. The standard InChI is InChI=1S/C23H27Cl2N3O4S/c1-32-11-10-27-15-22(30)28(9-7-18-3-2-12-33-18)20(23(27)31)14-21(29)26-8-6-16-4-5-17(24)13-19(16)25/h2-5,12-13,20H,6-11,14-15H2,1H3,(H,26,29). The first kappa shape index (κ1) is 25.5. The number of nitrogens with one attached hydrogen (secondary N) is 1. The van der Waals surface area contributed by atoms with Crippen molar-refractivity contribution in [3.8, 4) is 0 Å². The number of methoxy groups -OCH3 is 1. The van der Waals surface area contributed by atoms with Crippen LogP contribution >= 0.6 is 34.5 Å². The first-order chi connectivity index (χ1) is 15.9. The van der Waals surface area contributed by atoms with E-state index in [1.165, 1.54) is 4.90 Å². The summed E-state index contributed by atoms with van der Waals surface area (Å²) in [6.45, 7) is 1.39. The summed E-state index contributed by atoms with van der Waals surface area (Å²) >= 11 is 13.7. The van der Waals surface area contributed by atoms with Crippen LogP contribution in [-0.2, 0) is 32.0 Å². The molecular formula is C23H27Cl2N3O4S. The highest BCUT2D eigenvalue weighted by atomic mass is 35.5. The number of halogens is 2. The molecule has 0 bridgehead atoms. The number of carbonyl (C=O) groups excluding carboxylic acids is 3. The van der Waals surface area contributed by atoms with Crippen molar-refractivity contribution in [3.63, 3.8) is 0 Å². The number of thiophene rings is 1. The second kappa shape index (κ2) is 12.4. The lowest BCUT2D eigenvalue weighted by Gasteiger charge is -2.40. The molecule has 2 heterocycles. The molecule has 1 atom stereocenters. The van der Waals surface area contributed by atoms with Gasteiger partial charge in [0.05, 0.1) is 19.6 Å². The normalized spacial score (nSPS) is 16.4. The molecule has 2 aromatic rings. The predicted octanol–water partition coefficient (Wildman–Crippen LogP) is 3.03. The van der Waals surface area contributed by atoms with Gasteiger partial charge in [0, 0.05) is 41.7 Å². The van der Waals surface area contributed by atoms with Gasteiger partial charge in [0.1, 0.15) is 6.04 Å². The quantitative estimate of drug-likeness (QED) is 0.502. The molecule has 0 saturated carbocycles. The minimum Gasteiger partial charge on any atom is -0.383 e. The number of amides is 3. The molecule has 1 aromatic carbocycles. The van der Waals surface area contributed by atoms with Crippen molar-refractivity contribution in [2.24, 2.45) is 0 Å². The van der Waals surface area contributed by atoms with Crippen LogP contribution in [0.3, 0.4) is 0 Å². The summed E-state index contributed by atoms with van der Waals surface area (Å²) < 4.78 is 5.06. The lowest BCUT2D eigenvalue weighted by molar-refractivity contribution is -0.157. The average Bonchev–Trinajstić information content (AvgIpc) is 3.30. The first-order valence-corrected chi connectivity index (χ1v) is 12.3. The van der Waals surface area contributed by atoms with Crippen molar-refractivity contribution in [2.45, 2.75) is 25.3 Å². The van der Waals surface area contributed by atoms with E-state index < -0.39 is 6.04 Å². The molecule has 10 heteroatoms. The van der Waals surface area contributed by atoms with Gasteiger partial charge in [0.15, 0.2) is 0 Å². The van der Waals surface area contributed by atoms with Crippen LogP contribution in [0.1, 0.15) is 16.9 Å². The smallest absolute Gasteiger partial charge is 0.246 e. The fourth-order valence-corrected chi connectivity index (χ4v) is 4.91. The third-order valence-electron chi connectivity index (χ3n) is 5.47. The van der Waals surface area contributed by atoms with Gasteiger partial charge in [-0.05, 0) is 42.0 Å². The largest absolute Gasteiger partial charge is 0.383 e. The molecule has 1 N–H and O–H groups in total. The topological polar surface area (TPSA) is 79.0 Å². The van der Waals surface area contributed by atoms with Crippen LogP contribution in [0.2, 0.25) is 10.0 Å². The molecule has 1 fully saturated rings. The number of carbonyl (C=O) groups is 3. The maximum Gasteiger partial charge on any atom is 0.246 e. The second-order valence-electron chi connectivity index (χ2n) is 7.72. The van der Waals surface area contributed by atoms with E-state index >= 15 is 0 Å². The lowest BCUT2D eigenvalue weighted by atomic mass is 10.1. The third-order valence-corrected chi connectivity index (χ3v) is 7.00. The number of rotatable bonds is 11. The summed E-state index contributed by atoms with van der Waals surface area (Å²) in [5.41, 5.74) is 0.869. The van der Waals surface area contributed by atoms with Crippen LogP contribution in [0.4, 0.5) is 0 Å². The van der Waals surface area contributed by atoms with E-state index in [-0.39, 0.29) is 30.7 Å². The molecule has 7 nitrogen and oxygen atoms in total. The van der Waals surface area contributed by atoms with Crippen LogP contribution in [0.15, 0.2) is 35.7 Å². The fraction of sp³-hybridized carbons (Fsp3) is 0.435. The van der Waals surface area contributed by atoms with Gasteiger partial charge >= 0.3 is 0 Å². The van der Waals surface area contributed by atoms with Crippen molar-refractivity contribution in [1.29, 1.82) is 0 Å². The summed E-state index contributed by atoms with van der Waals surface area (Å²) in [4.78, 5) is 42.8. The van der Waals surface area contributed by atoms with Crippen LogP contribution in [0, 0.1) is 0 Å². The molecule has 3 amide bonds. The fourth-order valence-electron chi connectivity index (χ4n) is 3.71. The number of piperazine rings is 1. The van der Waals surface area contributed by atoms with Gasteiger partial charge in [-0.1, -0.05) is 35.3 Å². The van der Waals surface area contributed by atoms with Gasteiger partial charge < -0.3 is 19.9 Å². The monoisotopic (exact) mass is 511 g/mol. The van der Waals surface area contributed by atoms with Crippen molar-refractivity contribution in [1.82, 2.24) is 15.1 Å². The molecular weight excluding hydrogens is 485 g/mol. The molecule has 1 unspecified atom stereocenters. The zero-order valence-electron chi connectivity index (χ0n) is 18.4. The number of benzene rings is 1. The Balaban J connectivity index is 1.62. The Morgan fingerprint density at radius 1 is 1.21 bits per heavy atom. The SMILES string of the molecule is COCCN1CC(=O)N(CCc2cccs2)C(CC(=O)NCCc2ccc(Cl)cc2Cl)C1=O. The lowest BCUT2D eigenvalue weighted by Crippen LogP contribution is -2.61. The number of hydrogen-bond acceptors (Lipinski definition) is 5. The summed E-state index contributed by atoms with van der Waals surface area (Å²) in [5.74, 6) is -0.678. The van der Waals surface area contributed by atoms with Crippen molar-refractivity contribution in [3.05, 3.63) is 56.2 Å². The maximum absolute atomic E-state index is 13.1. The highest BCUT2D eigenvalue weighted by Crippen LogP contribution is 2.21. The number of hydrogen-bond donors (Lipinski definition) is 1. The Kier molecular flexibility index (Phi) is 9.55. The van der Waals surface area contributed by atoms with Crippen LogP contribution in [0.25, 0.3) is 0 Å². The van der Waals surface area contributed by atoms with E-state index in [0.29, 0.717) is 49.1 Å². The maximum atomic E-state index is 13.1. The molecule has 1 aliphatic rings. The molecule has 0 radical (unpaired) electrons. The zero-order chi connectivity index (χ0) is 23.8. The third kappa shape index (κ3) is 7.17. The van der Waals surface area contributed by atoms with E-state index in [1.807, 2.05) is 23.6 Å². The van der Waals surface area contributed by atoms with Crippen LogP contribution < -0.4 is 5.32 Å². The minimum absolute atomic E-state index is 0.000180. The minimum atomic E-state index is -0.831. The average molecular weight is 512 g/mol. The molecule has 3 rings (SSSR count). The molecule has 33 heavy (non-hydrogen) atoms. The van der Waals surface area contributed by atoms with Gasteiger partial charge in [-0.15, -0.1) is 11.3 Å². The summed E-state index contributed by atoms with van der Waals surface area (Å²) in [7, 11) is 1.54. The molecule has 178 valence electrons.